The van der Waals surface area contributed by atoms with Crippen molar-refractivity contribution in [3.8, 4) is 0 Å². The van der Waals surface area contributed by atoms with Crippen LogP contribution >= 0.6 is 22.7 Å². The van der Waals surface area contributed by atoms with Gasteiger partial charge in [0.25, 0.3) is 0 Å². The molecule has 2 heterocycles. The van der Waals surface area contributed by atoms with Crippen molar-refractivity contribution in [1.82, 2.24) is 20.4 Å². The number of nitrogens with one attached hydrogen (secondary N) is 1. The van der Waals surface area contributed by atoms with E-state index in [1.807, 2.05) is 20.8 Å². The third kappa shape index (κ3) is 9.84. The number of amides is 1. The van der Waals surface area contributed by atoms with Crippen LogP contribution in [0.3, 0.4) is 0 Å². The van der Waals surface area contributed by atoms with Crippen LogP contribution in [0.4, 0.5) is 5.13 Å². The predicted molar refractivity (Wildman–Crippen MR) is 122 cm³/mol. The Hall–Kier alpha value is -1.74. The van der Waals surface area contributed by atoms with Gasteiger partial charge in [-0.2, -0.15) is 0 Å². The first-order chi connectivity index (χ1) is 13.9. The van der Waals surface area contributed by atoms with Gasteiger partial charge in [0.2, 0.25) is 11.0 Å². The fraction of sp³-hybridized carbons (Fsp3) is 0.714. The lowest BCUT2D eigenvalue weighted by atomic mass is 9.89. The molecule has 0 radical (unpaired) electrons. The van der Waals surface area contributed by atoms with E-state index in [0.717, 1.165) is 40.7 Å². The molecule has 0 fully saturated rings. The van der Waals surface area contributed by atoms with Gasteiger partial charge < -0.3 is 5.32 Å². The number of nitrogens with zero attached hydrogens (tertiary/aromatic N) is 4. The number of aryl methyl sites for hydroxylation is 2. The first kappa shape index (κ1) is 24.5. The van der Waals surface area contributed by atoms with Gasteiger partial charge in [-0.05, 0) is 23.7 Å². The molecular weight excluding hydrogens is 418 g/mol. The van der Waals surface area contributed by atoms with Crippen LogP contribution < -0.4 is 5.32 Å². The van der Waals surface area contributed by atoms with E-state index in [4.69, 9.17) is 0 Å². The maximum Gasteiger partial charge on any atom is 0.226 e. The Balaban J connectivity index is 1.70. The Morgan fingerprint density at radius 2 is 1.30 bits per heavy atom. The Labute approximate surface area is 187 Å². The highest BCUT2D eigenvalue weighted by atomic mass is 32.1. The molecule has 0 spiro atoms. The van der Waals surface area contributed by atoms with Gasteiger partial charge in [0.05, 0.1) is 6.42 Å². The molecule has 1 N–H and O–H groups in total. The van der Waals surface area contributed by atoms with Crippen LogP contribution in [0.5, 0.6) is 0 Å². The Bertz CT molecular complexity index is 776. The molecule has 7 nitrogen and oxygen atoms in total. The number of unbranched alkanes of at least 4 members (excludes halogenated alkanes) is 1. The maximum atomic E-state index is 12.1. The van der Waals surface area contributed by atoms with Crippen molar-refractivity contribution in [1.29, 1.82) is 0 Å². The van der Waals surface area contributed by atoms with Crippen LogP contribution in [0, 0.1) is 10.8 Å². The number of hydrogen-bond donors (Lipinski definition) is 1. The number of aromatic nitrogens is 4. The van der Waals surface area contributed by atoms with Crippen molar-refractivity contribution in [2.24, 2.45) is 10.8 Å². The number of hydrogen-bond acceptors (Lipinski definition) is 8. The highest BCUT2D eigenvalue weighted by Gasteiger charge is 2.18. The molecule has 0 aliphatic carbocycles. The first-order valence-electron chi connectivity index (χ1n) is 10.3. The van der Waals surface area contributed by atoms with Crippen LogP contribution in [-0.2, 0) is 28.9 Å². The lowest BCUT2D eigenvalue weighted by molar-refractivity contribution is -0.120. The summed E-state index contributed by atoms with van der Waals surface area (Å²) in [5.74, 6) is 0.185. The zero-order valence-corrected chi connectivity index (χ0v) is 20.5. The molecule has 1 amide bonds. The van der Waals surface area contributed by atoms with E-state index in [1.165, 1.54) is 22.7 Å². The van der Waals surface area contributed by atoms with Gasteiger partial charge in [-0.25, -0.2) is 0 Å². The molecule has 2 aromatic heterocycles. The monoisotopic (exact) mass is 451 g/mol. The normalized spacial score (nSPS) is 12.2. The van der Waals surface area contributed by atoms with E-state index in [-0.39, 0.29) is 22.5 Å². The number of rotatable bonds is 10. The summed E-state index contributed by atoms with van der Waals surface area (Å²) in [5.41, 5.74) is -0.0490. The second-order valence-electron chi connectivity index (χ2n) is 10.0. The number of ketones is 1. The molecule has 0 saturated heterocycles. The van der Waals surface area contributed by atoms with E-state index in [2.05, 4.69) is 46.5 Å². The van der Waals surface area contributed by atoms with E-state index >= 15 is 0 Å². The Kier molecular flexibility index (Phi) is 8.61. The molecule has 166 valence electrons. The average molecular weight is 452 g/mol. The maximum absolute atomic E-state index is 12.1. The van der Waals surface area contributed by atoms with Crippen LogP contribution in [0.25, 0.3) is 0 Å². The molecule has 0 bridgehead atoms. The number of carbonyl (C=O) groups is 2. The summed E-state index contributed by atoms with van der Waals surface area (Å²) < 4.78 is 0. The summed E-state index contributed by atoms with van der Waals surface area (Å²) in [4.78, 5) is 24.1. The summed E-state index contributed by atoms with van der Waals surface area (Å²) >= 11 is 2.96. The van der Waals surface area contributed by atoms with Crippen molar-refractivity contribution in [2.75, 3.05) is 5.32 Å². The molecule has 0 unspecified atom stereocenters. The SMILES string of the molecule is CC(C)(C)CC(=O)Cc1nnc(CCCCc2nnc(NC(=O)CC(C)(C)C)s2)s1. The number of carbonyl (C=O) groups excluding carboxylic acids is 2. The first-order valence-corrected chi connectivity index (χ1v) is 12.0. The fourth-order valence-corrected chi connectivity index (χ4v) is 4.60. The van der Waals surface area contributed by atoms with Crippen molar-refractivity contribution in [3.63, 3.8) is 0 Å². The fourth-order valence-electron chi connectivity index (χ4n) is 2.89. The van der Waals surface area contributed by atoms with E-state index < -0.39 is 0 Å². The van der Waals surface area contributed by atoms with Gasteiger partial charge in [-0.3, -0.25) is 9.59 Å². The smallest absolute Gasteiger partial charge is 0.226 e. The second-order valence-corrected chi connectivity index (χ2v) is 12.2. The minimum Gasteiger partial charge on any atom is -0.301 e. The molecule has 30 heavy (non-hydrogen) atoms. The van der Waals surface area contributed by atoms with Crippen molar-refractivity contribution >= 4 is 39.5 Å². The van der Waals surface area contributed by atoms with Crippen LogP contribution in [0.2, 0.25) is 0 Å². The highest BCUT2D eigenvalue weighted by Crippen LogP contribution is 2.23. The van der Waals surface area contributed by atoms with Crippen LogP contribution in [-0.4, -0.2) is 32.1 Å². The predicted octanol–water partition coefficient (Wildman–Crippen LogP) is 4.88. The topological polar surface area (TPSA) is 97.7 Å². The zero-order chi connectivity index (χ0) is 22.4. The largest absolute Gasteiger partial charge is 0.301 e. The third-order valence-electron chi connectivity index (χ3n) is 4.02. The minimum atomic E-state index is -0.0535. The summed E-state index contributed by atoms with van der Waals surface area (Å²) in [7, 11) is 0. The van der Waals surface area contributed by atoms with Gasteiger partial charge in [-0.1, -0.05) is 52.9 Å². The molecule has 2 rings (SSSR count). The summed E-state index contributed by atoms with van der Waals surface area (Å²) in [5, 5.41) is 22.7. The average Bonchev–Trinajstić information content (AvgIpc) is 3.17. The summed E-state index contributed by atoms with van der Waals surface area (Å²) in [6.45, 7) is 12.3. The standard InChI is InChI=1S/C21H33N5O2S2/c1-20(2,3)12-14(27)11-18-25-23-16(29-18)9-7-8-10-17-24-26-19(30-17)22-15(28)13-21(4,5)6/h7-13H2,1-6H3,(H,22,26,28). The lowest BCUT2D eigenvalue weighted by Gasteiger charge is -2.16. The van der Waals surface area contributed by atoms with Gasteiger partial charge in [0.15, 0.2) is 0 Å². The second kappa shape index (κ2) is 10.5. The number of Topliss-reactive ketones (excluding diaryl/α,β-unsaturated/α-hetero) is 1. The van der Waals surface area contributed by atoms with Gasteiger partial charge >= 0.3 is 0 Å². The third-order valence-corrected chi connectivity index (χ3v) is 5.90. The quantitative estimate of drug-likeness (QED) is 0.517. The molecule has 2 aromatic rings. The van der Waals surface area contributed by atoms with Gasteiger partial charge in [0, 0.05) is 25.7 Å². The van der Waals surface area contributed by atoms with Crippen molar-refractivity contribution < 1.29 is 9.59 Å². The van der Waals surface area contributed by atoms with Gasteiger partial charge in [-0.15, -0.1) is 31.7 Å². The molecule has 9 heteroatoms. The molecular formula is C21H33N5O2S2. The lowest BCUT2D eigenvalue weighted by Crippen LogP contribution is -2.19. The van der Waals surface area contributed by atoms with E-state index in [9.17, 15) is 9.59 Å². The number of anilines is 1. The Morgan fingerprint density at radius 1 is 0.767 bits per heavy atom. The molecule has 0 aliphatic heterocycles. The van der Waals surface area contributed by atoms with Crippen molar-refractivity contribution in [2.45, 2.75) is 86.5 Å². The van der Waals surface area contributed by atoms with Crippen molar-refractivity contribution in [3.05, 3.63) is 15.0 Å². The molecule has 0 aliphatic rings. The van der Waals surface area contributed by atoms with E-state index in [1.54, 1.807) is 0 Å². The molecule has 0 saturated carbocycles. The highest BCUT2D eigenvalue weighted by molar-refractivity contribution is 7.15. The zero-order valence-electron chi connectivity index (χ0n) is 18.9. The molecule has 0 aromatic carbocycles. The summed E-state index contributed by atoms with van der Waals surface area (Å²) in [6, 6.07) is 0. The summed E-state index contributed by atoms with van der Waals surface area (Å²) in [6.07, 6.45) is 4.99. The molecule has 0 atom stereocenters. The van der Waals surface area contributed by atoms with Crippen LogP contribution in [0.1, 0.15) is 82.2 Å². The van der Waals surface area contributed by atoms with Gasteiger partial charge in [0.1, 0.15) is 20.8 Å². The Morgan fingerprint density at radius 3 is 1.90 bits per heavy atom. The van der Waals surface area contributed by atoms with Crippen LogP contribution in [0.15, 0.2) is 0 Å². The van der Waals surface area contributed by atoms with E-state index in [0.29, 0.717) is 24.4 Å². The minimum absolute atomic E-state index is 0.00451.